The van der Waals surface area contributed by atoms with Crippen molar-refractivity contribution in [1.82, 2.24) is 13.7 Å². The summed E-state index contributed by atoms with van der Waals surface area (Å²) < 4.78 is 4.37. The zero-order valence-electron chi connectivity index (χ0n) is 15.1. The molecular weight excluding hydrogens is 336 g/mol. The second-order valence-electron chi connectivity index (χ2n) is 6.40. The van der Waals surface area contributed by atoms with Crippen LogP contribution in [0.1, 0.15) is 18.9 Å². The molecule has 0 aliphatic rings. The van der Waals surface area contributed by atoms with E-state index in [1.165, 1.54) is 17.7 Å². The van der Waals surface area contributed by atoms with E-state index in [9.17, 15) is 19.7 Å². The minimum Gasteiger partial charge on any atom is -0.345 e. The molecule has 8 nitrogen and oxygen atoms in total. The molecule has 0 N–H and O–H groups in total. The Kier molecular flexibility index (Phi) is 4.27. The monoisotopic (exact) mass is 356 g/mol. The van der Waals surface area contributed by atoms with Crippen molar-refractivity contribution >= 4 is 16.6 Å². The van der Waals surface area contributed by atoms with Crippen molar-refractivity contribution in [3.05, 3.63) is 60.9 Å². The summed E-state index contributed by atoms with van der Waals surface area (Å²) >= 11 is 0. The first-order valence-electron chi connectivity index (χ1n) is 8.32. The highest BCUT2D eigenvalue weighted by molar-refractivity contribution is 5.94. The van der Waals surface area contributed by atoms with Gasteiger partial charge in [0, 0.05) is 44.0 Å². The highest BCUT2D eigenvalue weighted by Gasteiger charge is 2.21. The van der Waals surface area contributed by atoms with Gasteiger partial charge in [-0.1, -0.05) is 19.1 Å². The van der Waals surface area contributed by atoms with Crippen molar-refractivity contribution in [3.8, 4) is 11.3 Å². The first kappa shape index (κ1) is 17.7. The topological polar surface area (TPSA) is 92.1 Å². The minimum atomic E-state index is -0.429. The van der Waals surface area contributed by atoms with E-state index in [1.807, 2.05) is 11.5 Å². The molecule has 0 saturated carbocycles. The first-order chi connectivity index (χ1) is 12.3. The van der Waals surface area contributed by atoms with Gasteiger partial charge in [0.25, 0.3) is 11.2 Å². The first-order valence-corrected chi connectivity index (χ1v) is 8.32. The number of hydrogen-bond acceptors (Lipinski definition) is 4. The third-order valence-electron chi connectivity index (χ3n) is 4.66. The van der Waals surface area contributed by atoms with Gasteiger partial charge in [-0.2, -0.15) is 0 Å². The molecule has 1 aromatic carbocycles. The molecule has 0 aliphatic carbocycles. The molecule has 0 radical (unpaired) electrons. The number of nitro groups is 1. The summed E-state index contributed by atoms with van der Waals surface area (Å²) in [4.78, 5) is 35.9. The number of fused-ring (bicyclic) bond motifs is 1. The van der Waals surface area contributed by atoms with Crippen LogP contribution < -0.4 is 11.2 Å². The predicted octanol–water partition coefficient (Wildman–Crippen LogP) is 2.33. The molecule has 26 heavy (non-hydrogen) atoms. The van der Waals surface area contributed by atoms with Crippen LogP contribution in [0, 0.1) is 17.0 Å². The van der Waals surface area contributed by atoms with Gasteiger partial charge in [-0.25, -0.2) is 4.79 Å². The summed E-state index contributed by atoms with van der Waals surface area (Å²) in [5, 5.41) is 11.7. The normalized spacial score (nSPS) is 11.2. The van der Waals surface area contributed by atoms with E-state index in [4.69, 9.17) is 0 Å². The Morgan fingerprint density at radius 3 is 2.46 bits per heavy atom. The SMILES string of the molecule is CCCn1cc2c(c1-c1ccc(C)c([N+](=O)[O-])c1)c(=O)n(C)c(=O)n2C. The number of benzene rings is 1. The average Bonchev–Trinajstić information content (AvgIpc) is 2.98. The van der Waals surface area contributed by atoms with Crippen LogP contribution in [0.3, 0.4) is 0 Å². The fourth-order valence-corrected chi connectivity index (χ4v) is 3.27. The summed E-state index contributed by atoms with van der Waals surface area (Å²) in [5.41, 5.74) is 1.44. The van der Waals surface area contributed by atoms with Gasteiger partial charge in [-0.05, 0) is 13.3 Å². The predicted molar refractivity (Wildman–Crippen MR) is 99.5 cm³/mol. The van der Waals surface area contributed by atoms with E-state index in [-0.39, 0.29) is 5.69 Å². The van der Waals surface area contributed by atoms with E-state index in [2.05, 4.69) is 0 Å². The molecule has 0 fully saturated rings. The van der Waals surface area contributed by atoms with Gasteiger partial charge in [0.1, 0.15) is 0 Å². The van der Waals surface area contributed by atoms with Crippen LogP contribution in [0.15, 0.2) is 34.0 Å². The lowest BCUT2D eigenvalue weighted by Crippen LogP contribution is -2.36. The van der Waals surface area contributed by atoms with Gasteiger partial charge >= 0.3 is 5.69 Å². The van der Waals surface area contributed by atoms with E-state index in [0.29, 0.717) is 34.3 Å². The van der Waals surface area contributed by atoms with Crippen LogP contribution in [0.4, 0.5) is 5.69 Å². The summed E-state index contributed by atoms with van der Waals surface area (Å²) in [6.45, 7) is 4.31. The van der Waals surface area contributed by atoms with E-state index in [1.54, 1.807) is 32.3 Å². The summed E-state index contributed by atoms with van der Waals surface area (Å²) in [5.74, 6) is 0. The van der Waals surface area contributed by atoms with Crippen molar-refractivity contribution in [3.63, 3.8) is 0 Å². The lowest BCUT2D eigenvalue weighted by molar-refractivity contribution is -0.385. The van der Waals surface area contributed by atoms with Crippen LogP contribution in [0.2, 0.25) is 0 Å². The second-order valence-corrected chi connectivity index (χ2v) is 6.40. The number of aromatic nitrogens is 3. The van der Waals surface area contributed by atoms with Gasteiger partial charge in [-0.15, -0.1) is 0 Å². The Bertz CT molecular complexity index is 1150. The average molecular weight is 356 g/mol. The third kappa shape index (κ3) is 2.54. The Hall–Kier alpha value is -3.16. The van der Waals surface area contributed by atoms with Crippen LogP contribution in [0.5, 0.6) is 0 Å². The summed E-state index contributed by atoms with van der Waals surface area (Å²) in [6, 6.07) is 4.93. The standard InChI is InChI=1S/C18H20N4O4/c1-5-8-21-10-14-15(17(23)20(4)18(24)19(14)3)16(21)12-7-6-11(2)13(9-12)22(25)26/h6-7,9-10H,5,8H2,1-4H3. The number of nitro benzene ring substituents is 1. The molecule has 3 aromatic rings. The Labute approximate surface area is 149 Å². The number of aryl methyl sites for hydroxylation is 3. The lowest BCUT2D eigenvalue weighted by Gasteiger charge is -2.09. The van der Waals surface area contributed by atoms with Gasteiger partial charge in [0.15, 0.2) is 0 Å². The summed E-state index contributed by atoms with van der Waals surface area (Å²) in [6.07, 6.45) is 2.58. The van der Waals surface area contributed by atoms with Crippen LogP contribution in [0.25, 0.3) is 22.2 Å². The smallest absolute Gasteiger partial charge is 0.330 e. The molecule has 2 heterocycles. The molecule has 3 rings (SSSR count). The Morgan fingerprint density at radius 1 is 1.15 bits per heavy atom. The maximum absolute atomic E-state index is 12.8. The number of rotatable bonds is 4. The maximum Gasteiger partial charge on any atom is 0.330 e. The minimum absolute atomic E-state index is 0.00143. The molecule has 0 unspecified atom stereocenters. The molecular formula is C18H20N4O4. The molecule has 0 aliphatic heterocycles. The van der Waals surface area contributed by atoms with E-state index < -0.39 is 16.2 Å². The second kappa shape index (κ2) is 6.29. The lowest BCUT2D eigenvalue weighted by atomic mass is 10.1. The number of hydrogen-bond donors (Lipinski definition) is 0. The van der Waals surface area contributed by atoms with Gasteiger partial charge < -0.3 is 4.57 Å². The van der Waals surface area contributed by atoms with E-state index >= 15 is 0 Å². The van der Waals surface area contributed by atoms with Crippen LogP contribution in [-0.4, -0.2) is 18.6 Å². The highest BCUT2D eigenvalue weighted by atomic mass is 16.6. The molecule has 0 bridgehead atoms. The third-order valence-corrected chi connectivity index (χ3v) is 4.66. The van der Waals surface area contributed by atoms with Crippen molar-refractivity contribution < 1.29 is 4.92 Å². The quantitative estimate of drug-likeness (QED) is 0.530. The molecule has 8 heteroatoms. The van der Waals surface area contributed by atoms with Gasteiger partial charge in [0.2, 0.25) is 0 Å². The van der Waals surface area contributed by atoms with Crippen LogP contribution in [-0.2, 0) is 20.6 Å². The van der Waals surface area contributed by atoms with Crippen molar-refractivity contribution in [2.45, 2.75) is 26.8 Å². The molecule has 0 spiro atoms. The van der Waals surface area contributed by atoms with Crippen molar-refractivity contribution in [2.24, 2.45) is 14.1 Å². The van der Waals surface area contributed by atoms with Gasteiger partial charge in [-0.3, -0.25) is 24.0 Å². The fraction of sp³-hybridized carbons (Fsp3) is 0.333. The maximum atomic E-state index is 12.8. The summed E-state index contributed by atoms with van der Waals surface area (Å²) in [7, 11) is 3.05. The Balaban J connectivity index is 2.48. The van der Waals surface area contributed by atoms with E-state index in [0.717, 1.165) is 11.0 Å². The number of nitrogens with zero attached hydrogens (tertiary/aromatic N) is 4. The molecule has 0 saturated heterocycles. The molecule has 0 atom stereocenters. The van der Waals surface area contributed by atoms with Crippen molar-refractivity contribution in [2.75, 3.05) is 0 Å². The highest BCUT2D eigenvalue weighted by Crippen LogP contribution is 2.32. The molecule has 136 valence electrons. The Morgan fingerprint density at radius 2 is 1.85 bits per heavy atom. The molecule has 0 amide bonds. The van der Waals surface area contributed by atoms with Crippen LogP contribution >= 0.6 is 0 Å². The van der Waals surface area contributed by atoms with Crippen molar-refractivity contribution in [1.29, 1.82) is 0 Å². The zero-order valence-corrected chi connectivity index (χ0v) is 15.1. The molecule has 2 aromatic heterocycles. The zero-order chi connectivity index (χ0) is 19.2. The van der Waals surface area contributed by atoms with Gasteiger partial charge in [0.05, 0.1) is 21.5 Å². The largest absolute Gasteiger partial charge is 0.345 e. The fourth-order valence-electron chi connectivity index (χ4n) is 3.27.